The molecule has 7 heteroatoms. The molecule has 0 aromatic heterocycles. The first-order chi connectivity index (χ1) is 8.25. The van der Waals surface area contributed by atoms with Crippen LogP contribution in [0.1, 0.15) is 16.8 Å². The molecule has 0 saturated carbocycles. The van der Waals surface area contributed by atoms with Crippen molar-refractivity contribution in [2.75, 3.05) is 7.11 Å². The second-order valence-corrected chi connectivity index (χ2v) is 3.78. The molecule has 1 aromatic carbocycles. The molecule has 98 valence electrons. The second-order valence-electron chi connectivity index (χ2n) is 3.37. The van der Waals surface area contributed by atoms with Gasteiger partial charge in [-0.1, -0.05) is 11.6 Å². The van der Waals surface area contributed by atoms with Crippen LogP contribution in [0.5, 0.6) is 5.75 Å². The summed E-state index contributed by atoms with van der Waals surface area (Å²) in [5.74, 6) is -2.74. The summed E-state index contributed by atoms with van der Waals surface area (Å²) in [6, 6.07) is 3.75. The van der Waals surface area contributed by atoms with E-state index in [1.807, 2.05) is 0 Å². The van der Waals surface area contributed by atoms with Crippen LogP contribution >= 0.6 is 11.6 Å². The number of alkyl halides is 3. The lowest BCUT2D eigenvalue weighted by molar-refractivity contribution is -0.170. The van der Waals surface area contributed by atoms with Gasteiger partial charge in [0.05, 0.1) is 18.6 Å². The van der Waals surface area contributed by atoms with E-state index in [1.165, 1.54) is 19.2 Å². The second kappa shape index (κ2) is 5.39. The van der Waals surface area contributed by atoms with Gasteiger partial charge < -0.3 is 4.74 Å². The van der Waals surface area contributed by atoms with Gasteiger partial charge in [-0.25, -0.2) is 0 Å². The van der Waals surface area contributed by atoms with Crippen molar-refractivity contribution in [3.8, 4) is 5.75 Å². The maximum atomic E-state index is 12.0. The standard InChI is InChI=1S/C11H8ClF3O3/c1-18-9-3-2-6(4-7(9)12)8(16)5-10(17)11(13,14)15/h2-4H,5H2,1H3. The molecular weight excluding hydrogens is 273 g/mol. The highest BCUT2D eigenvalue weighted by Crippen LogP contribution is 2.26. The molecule has 0 N–H and O–H groups in total. The number of Topliss-reactive ketones (excluding diaryl/α,β-unsaturated/α-hetero) is 2. The van der Waals surface area contributed by atoms with Crippen LogP contribution < -0.4 is 4.74 Å². The predicted molar refractivity (Wildman–Crippen MR) is 58.0 cm³/mol. The van der Waals surface area contributed by atoms with Crippen molar-refractivity contribution in [1.29, 1.82) is 0 Å². The first-order valence-corrected chi connectivity index (χ1v) is 5.10. The normalized spacial score (nSPS) is 11.2. The summed E-state index contributed by atoms with van der Waals surface area (Å²) in [5.41, 5.74) is -0.0709. The highest BCUT2D eigenvalue weighted by atomic mass is 35.5. The minimum absolute atomic E-state index is 0.0709. The Labute approximate surface area is 105 Å². The number of benzene rings is 1. The number of rotatable bonds is 4. The first kappa shape index (κ1) is 14.5. The van der Waals surface area contributed by atoms with E-state index < -0.39 is 24.2 Å². The van der Waals surface area contributed by atoms with Gasteiger partial charge in [-0.15, -0.1) is 0 Å². The highest BCUT2D eigenvalue weighted by molar-refractivity contribution is 6.32. The number of hydrogen-bond acceptors (Lipinski definition) is 3. The van der Waals surface area contributed by atoms with Crippen LogP contribution in [-0.2, 0) is 4.79 Å². The van der Waals surface area contributed by atoms with E-state index in [-0.39, 0.29) is 16.3 Å². The number of ether oxygens (including phenoxy) is 1. The van der Waals surface area contributed by atoms with E-state index in [0.717, 1.165) is 6.07 Å². The molecule has 0 bridgehead atoms. The summed E-state index contributed by atoms with van der Waals surface area (Å²) < 4.78 is 40.8. The minimum Gasteiger partial charge on any atom is -0.495 e. The quantitative estimate of drug-likeness (QED) is 0.629. The number of carbonyl (C=O) groups is 2. The van der Waals surface area contributed by atoms with Gasteiger partial charge >= 0.3 is 6.18 Å². The van der Waals surface area contributed by atoms with Crippen LogP contribution in [0.2, 0.25) is 5.02 Å². The zero-order valence-corrected chi connectivity index (χ0v) is 9.93. The van der Waals surface area contributed by atoms with Crippen LogP contribution in [0.25, 0.3) is 0 Å². The molecule has 3 nitrogen and oxygen atoms in total. The fourth-order valence-corrected chi connectivity index (χ4v) is 1.45. The van der Waals surface area contributed by atoms with E-state index >= 15 is 0 Å². The van der Waals surface area contributed by atoms with E-state index in [9.17, 15) is 22.8 Å². The molecule has 0 unspecified atom stereocenters. The third-order valence-corrected chi connectivity index (χ3v) is 2.41. The molecule has 18 heavy (non-hydrogen) atoms. The monoisotopic (exact) mass is 280 g/mol. The summed E-state index contributed by atoms with van der Waals surface area (Å²) in [5, 5.41) is 0.0859. The molecule has 0 heterocycles. The largest absolute Gasteiger partial charge is 0.495 e. The van der Waals surface area contributed by atoms with E-state index in [2.05, 4.69) is 0 Å². The van der Waals surface area contributed by atoms with Gasteiger partial charge in [-0.3, -0.25) is 9.59 Å². The maximum absolute atomic E-state index is 12.0. The highest BCUT2D eigenvalue weighted by Gasteiger charge is 2.39. The number of ketones is 2. The lowest BCUT2D eigenvalue weighted by atomic mass is 10.1. The third-order valence-electron chi connectivity index (χ3n) is 2.11. The van der Waals surface area contributed by atoms with Gasteiger partial charge in [-0.05, 0) is 18.2 Å². The molecule has 0 spiro atoms. The zero-order valence-electron chi connectivity index (χ0n) is 9.18. The molecule has 0 aliphatic heterocycles. The average Bonchev–Trinajstić information content (AvgIpc) is 2.27. The summed E-state index contributed by atoms with van der Waals surface area (Å²) in [4.78, 5) is 22.1. The summed E-state index contributed by atoms with van der Waals surface area (Å²) in [7, 11) is 1.36. The van der Waals surface area contributed by atoms with E-state index in [4.69, 9.17) is 16.3 Å². The van der Waals surface area contributed by atoms with Crippen molar-refractivity contribution in [2.24, 2.45) is 0 Å². The van der Waals surface area contributed by atoms with Gasteiger partial charge in [0.1, 0.15) is 5.75 Å². The Balaban J connectivity index is 2.86. The Morgan fingerprint density at radius 3 is 2.39 bits per heavy atom. The fraction of sp³-hybridized carbons (Fsp3) is 0.273. The molecule has 0 fully saturated rings. The summed E-state index contributed by atoms with van der Waals surface area (Å²) in [6.07, 6.45) is -6.24. The lowest BCUT2D eigenvalue weighted by Crippen LogP contribution is -2.25. The predicted octanol–water partition coefficient (Wildman–Crippen LogP) is 3.05. The van der Waals surface area contributed by atoms with E-state index in [1.54, 1.807) is 0 Å². The van der Waals surface area contributed by atoms with Crippen molar-refractivity contribution in [3.63, 3.8) is 0 Å². The number of hydrogen-bond donors (Lipinski definition) is 0. The first-order valence-electron chi connectivity index (χ1n) is 4.72. The molecule has 0 atom stereocenters. The van der Waals surface area contributed by atoms with Crippen LogP contribution in [0.4, 0.5) is 13.2 Å². The minimum atomic E-state index is -5.01. The molecule has 1 rings (SSSR count). The molecular formula is C11H8ClF3O3. The van der Waals surface area contributed by atoms with Gasteiger partial charge in [0.25, 0.3) is 0 Å². The van der Waals surface area contributed by atoms with Crippen molar-refractivity contribution in [3.05, 3.63) is 28.8 Å². The molecule has 0 aliphatic carbocycles. The molecule has 0 radical (unpaired) electrons. The number of halogens is 4. The van der Waals surface area contributed by atoms with Crippen LogP contribution in [-0.4, -0.2) is 24.9 Å². The Hall–Kier alpha value is -1.56. The van der Waals surface area contributed by atoms with E-state index in [0.29, 0.717) is 0 Å². The Kier molecular flexibility index (Phi) is 4.34. The van der Waals surface area contributed by atoms with Crippen LogP contribution in [0, 0.1) is 0 Å². The fourth-order valence-electron chi connectivity index (χ4n) is 1.19. The van der Waals surface area contributed by atoms with Gasteiger partial charge in [-0.2, -0.15) is 13.2 Å². The Morgan fingerprint density at radius 2 is 1.94 bits per heavy atom. The molecule has 0 amide bonds. The molecule has 0 saturated heterocycles. The number of carbonyl (C=O) groups excluding carboxylic acids is 2. The molecule has 1 aromatic rings. The van der Waals surface area contributed by atoms with Crippen molar-refractivity contribution < 1.29 is 27.5 Å². The van der Waals surface area contributed by atoms with Gasteiger partial charge in [0.2, 0.25) is 5.78 Å². The Morgan fingerprint density at radius 1 is 1.33 bits per heavy atom. The van der Waals surface area contributed by atoms with Gasteiger partial charge in [0.15, 0.2) is 5.78 Å². The van der Waals surface area contributed by atoms with Gasteiger partial charge in [0, 0.05) is 5.56 Å². The van der Waals surface area contributed by atoms with Crippen molar-refractivity contribution >= 4 is 23.2 Å². The summed E-state index contributed by atoms with van der Waals surface area (Å²) >= 11 is 5.72. The topological polar surface area (TPSA) is 43.4 Å². The maximum Gasteiger partial charge on any atom is 0.450 e. The SMILES string of the molecule is COc1ccc(C(=O)CC(=O)C(F)(F)F)cc1Cl. The van der Waals surface area contributed by atoms with Crippen LogP contribution in [0.3, 0.4) is 0 Å². The van der Waals surface area contributed by atoms with Crippen molar-refractivity contribution in [2.45, 2.75) is 12.6 Å². The smallest absolute Gasteiger partial charge is 0.450 e. The van der Waals surface area contributed by atoms with Crippen molar-refractivity contribution in [1.82, 2.24) is 0 Å². The lowest BCUT2D eigenvalue weighted by Gasteiger charge is -2.06. The number of methoxy groups -OCH3 is 1. The third kappa shape index (κ3) is 3.46. The van der Waals surface area contributed by atoms with Crippen LogP contribution in [0.15, 0.2) is 18.2 Å². The summed E-state index contributed by atoms with van der Waals surface area (Å²) in [6.45, 7) is 0. The molecule has 0 aliphatic rings. The average molecular weight is 281 g/mol. The Bertz CT molecular complexity index is 483. The zero-order chi connectivity index (χ0) is 13.9.